The second-order valence-electron chi connectivity index (χ2n) is 11.3. The van der Waals surface area contributed by atoms with Gasteiger partial charge >= 0.3 is 0 Å². The average molecular weight is 588 g/mol. The molecule has 2 heterocycles. The molecule has 0 N–H and O–H groups in total. The Kier molecular flexibility index (Phi) is 7.18. The lowest BCUT2D eigenvalue weighted by atomic mass is 9.96. The van der Waals surface area contributed by atoms with Crippen LogP contribution in [0.1, 0.15) is 0 Å². The predicted octanol–water partition coefficient (Wildman–Crippen LogP) is 11.0. The molecular formula is C43H29N3. The summed E-state index contributed by atoms with van der Waals surface area (Å²) in [6.07, 6.45) is 3.87. The maximum atomic E-state index is 4.97. The fourth-order valence-corrected chi connectivity index (χ4v) is 5.95. The van der Waals surface area contributed by atoms with E-state index in [1.165, 1.54) is 27.6 Å². The first-order valence-electron chi connectivity index (χ1n) is 15.4. The van der Waals surface area contributed by atoms with E-state index in [4.69, 9.17) is 9.97 Å². The minimum atomic E-state index is 0.721. The SMILES string of the molecule is c1ccc(-c2cc(-c3ccc(-c4ccc(-c5ccc(-c6cncc7ccccc67)cc5)cc4)cc3)nc(-c3ccccc3)n2)cc1. The Morgan fingerprint density at radius 2 is 0.761 bits per heavy atom. The summed E-state index contributed by atoms with van der Waals surface area (Å²) in [5, 5.41) is 2.37. The van der Waals surface area contributed by atoms with Crippen molar-refractivity contribution in [2.24, 2.45) is 0 Å². The third-order valence-electron chi connectivity index (χ3n) is 8.42. The van der Waals surface area contributed by atoms with Gasteiger partial charge in [0.1, 0.15) is 0 Å². The van der Waals surface area contributed by atoms with Crippen molar-refractivity contribution in [3.63, 3.8) is 0 Å². The van der Waals surface area contributed by atoms with Crippen LogP contribution in [0.5, 0.6) is 0 Å². The Morgan fingerprint density at radius 1 is 0.326 bits per heavy atom. The van der Waals surface area contributed by atoms with E-state index in [1.807, 2.05) is 48.8 Å². The van der Waals surface area contributed by atoms with Gasteiger partial charge in [-0.2, -0.15) is 0 Å². The Hall–Kier alpha value is -6.19. The van der Waals surface area contributed by atoms with Gasteiger partial charge in [0, 0.05) is 40.0 Å². The maximum Gasteiger partial charge on any atom is 0.160 e. The molecule has 2 aromatic heterocycles. The zero-order valence-electron chi connectivity index (χ0n) is 25.1. The zero-order valence-corrected chi connectivity index (χ0v) is 25.1. The molecule has 0 bridgehead atoms. The lowest BCUT2D eigenvalue weighted by molar-refractivity contribution is 1.18. The summed E-state index contributed by atoms with van der Waals surface area (Å²) in [6, 6.07) is 57.1. The molecule has 0 atom stereocenters. The molecular weight excluding hydrogens is 558 g/mol. The maximum absolute atomic E-state index is 4.97. The van der Waals surface area contributed by atoms with Crippen LogP contribution in [0.15, 0.2) is 176 Å². The molecule has 0 amide bonds. The fourth-order valence-electron chi connectivity index (χ4n) is 5.95. The number of aromatic nitrogens is 3. The molecule has 0 saturated heterocycles. The first kappa shape index (κ1) is 27.4. The topological polar surface area (TPSA) is 38.7 Å². The molecule has 0 aliphatic carbocycles. The number of fused-ring (bicyclic) bond motifs is 1. The van der Waals surface area contributed by atoms with Crippen molar-refractivity contribution in [2.75, 3.05) is 0 Å². The standard InChI is InChI=1S/C43H29N3/c1-3-9-35(10-4-1)41-27-42(46-43(45-41)37-11-5-2-6-12-37)36-25-21-33(22-26-36)31-17-15-30(16-18-31)32-19-23-34(24-20-32)40-29-44-28-38-13-7-8-14-39(38)40/h1-29H. The molecule has 3 nitrogen and oxygen atoms in total. The number of nitrogens with zero attached hydrogens (tertiary/aromatic N) is 3. The molecule has 8 aromatic rings. The first-order valence-corrected chi connectivity index (χ1v) is 15.4. The average Bonchev–Trinajstić information content (AvgIpc) is 3.15. The minimum absolute atomic E-state index is 0.721. The number of pyridine rings is 1. The second kappa shape index (κ2) is 12.1. The third kappa shape index (κ3) is 5.47. The van der Waals surface area contributed by atoms with Crippen LogP contribution in [0.4, 0.5) is 0 Å². The highest BCUT2D eigenvalue weighted by Crippen LogP contribution is 2.32. The van der Waals surface area contributed by atoms with Gasteiger partial charge in [0.25, 0.3) is 0 Å². The number of benzene rings is 6. The van der Waals surface area contributed by atoms with Gasteiger partial charge in [-0.15, -0.1) is 0 Å². The van der Waals surface area contributed by atoms with E-state index in [2.05, 4.69) is 132 Å². The van der Waals surface area contributed by atoms with Crippen molar-refractivity contribution in [1.82, 2.24) is 15.0 Å². The quantitative estimate of drug-likeness (QED) is 0.194. The molecule has 0 radical (unpaired) electrons. The number of rotatable bonds is 6. The summed E-state index contributed by atoms with van der Waals surface area (Å²) in [6.45, 7) is 0. The van der Waals surface area contributed by atoms with Crippen LogP contribution in [0.3, 0.4) is 0 Å². The highest BCUT2D eigenvalue weighted by molar-refractivity contribution is 5.96. The summed E-state index contributed by atoms with van der Waals surface area (Å²) < 4.78 is 0. The van der Waals surface area contributed by atoms with Gasteiger partial charge in [-0.05, 0) is 39.3 Å². The first-order chi connectivity index (χ1) is 22.8. The van der Waals surface area contributed by atoms with E-state index in [0.29, 0.717) is 0 Å². The summed E-state index contributed by atoms with van der Waals surface area (Å²) in [5.41, 5.74) is 12.0. The normalized spacial score (nSPS) is 11.0. The molecule has 6 aromatic carbocycles. The van der Waals surface area contributed by atoms with Crippen LogP contribution >= 0.6 is 0 Å². The lowest BCUT2D eigenvalue weighted by Crippen LogP contribution is -1.95. The van der Waals surface area contributed by atoms with Crippen molar-refractivity contribution in [1.29, 1.82) is 0 Å². The molecule has 0 aliphatic heterocycles. The van der Waals surface area contributed by atoms with Crippen LogP contribution in [-0.2, 0) is 0 Å². The van der Waals surface area contributed by atoms with Crippen molar-refractivity contribution < 1.29 is 0 Å². The molecule has 0 aliphatic rings. The second-order valence-corrected chi connectivity index (χ2v) is 11.3. The van der Waals surface area contributed by atoms with Crippen molar-refractivity contribution >= 4 is 10.8 Å². The summed E-state index contributed by atoms with van der Waals surface area (Å²) in [5.74, 6) is 0.721. The van der Waals surface area contributed by atoms with Crippen molar-refractivity contribution in [3.8, 4) is 67.3 Å². The van der Waals surface area contributed by atoms with Gasteiger partial charge in [-0.1, -0.05) is 158 Å². The Labute approximate surface area is 268 Å². The van der Waals surface area contributed by atoms with E-state index < -0.39 is 0 Å². The van der Waals surface area contributed by atoms with Crippen LogP contribution in [0.2, 0.25) is 0 Å². The fraction of sp³-hybridized carbons (Fsp3) is 0. The molecule has 0 spiro atoms. The minimum Gasteiger partial charge on any atom is -0.263 e. The zero-order chi connectivity index (χ0) is 30.7. The molecule has 8 rings (SSSR count). The Bertz CT molecular complexity index is 2200. The Morgan fingerprint density at radius 3 is 1.33 bits per heavy atom. The molecule has 46 heavy (non-hydrogen) atoms. The molecule has 0 unspecified atom stereocenters. The molecule has 0 saturated carbocycles. The van der Waals surface area contributed by atoms with E-state index >= 15 is 0 Å². The van der Waals surface area contributed by atoms with Gasteiger partial charge in [-0.3, -0.25) is 4.98 Å². The molecule has 3 heteroatoms. The number of hydrogen-bond acceptors (Lipinski definition) is 3. The lowest BCUT2D eigenvalue weighted by Gasteiger charge is -2.10. The smallest absolute Gasteiger partial charge is 0.160 e. The van der Waals surface area contributed by atoms with Gasteiger partial charge in [0.05, 0.1) is 11.4 Å². The highest BCUT2D eigenvalue weighted by Gasteiger charge is 2.11. The van der Waals surface area contributed by atoms with Gasteiger partial charge in [-0.25, -0.2) is 9.97 Å². The van der Waals surface area contributed by atoms with E-state index in [-0.39, 0.29) is 0 Å². The van der Waals surface area contributed by atoms with E-state index in [9.17, 15) is 0 Å². The van der Waals surface area contributed by atoms with Gasteiger partial charge < -0.3 is 0 Å². The van der Waals surface area contributed by atoms with Crippen LogP contribution in [-0.4, -0.2) is 15.0 Å². The monoisotopic (exact) mass is 587 g/mol. The van der Waals surface area contributed by atoms with Crippen LogP contribution < -0.4 is 0 Å². The van der Waals surface area contributed by atoms with Gasteiger partial charge in [0.2, 0.25) is 0 Å². The highest BCUT2D eigenvalue weighted by atomic mass is 14.9. The Balaban J connectivity index is 1.05. The van der Waals surface area contributed by atoms with E-state index in [1.54, 1.807) is 0 Å². The predicted molar refractivity (Wildman–Crippen MR) is 190 cm³/mol. The van der Waals surface area contributed by atoms with Crippen molar-refractivity contribution in [2.45, 2.75) is 0 Å². The summed E-state index contributed by atoms with van der Waals surface area (Å²) in [4.78, 5) is 14.3. The number of hydrogen-bond donors (Lipinski definition) is 0. The largest absolute Gasteiger partial charge is 0.263 e. The van der Waals surface area contributed by atoms with E-state index in [0.717, 1.165) is 50.4 Å². The van der Waals surface area contributed by atoms with Crippen LogP contribution in [0, 0.1) is 0 Å². The van der Waals surface area contributed by atoms with Crippen molar-refractivity contribution in [3.05, 3.63) is 176 Å². The summed E-state index contributed by atoms with van der Waals surface area (Å²) >= 11 is 0. The summed E-state index contributed by atoms with van der Waals surface area (Å²) in [7, 11) is 0. The molecule has 216 valence electrons. The van der Waals surface area contributed by atoms with Gasteiger partial charge in [0.15, 0.2) is 5.82 Å². The molecule has 0 fully saturated rings. The third-order valence-corrected chi connectivity index (χ3v) is 8.42. The van der Waals surface area contributed by atoms with Crippen LogP contribution in [0.25, 0.3) is 78.1 Å².